The van der Waals surface area contributed by atoms with Crippen LogP contribution in [-0.2, 0) is 9.53 Å². The van der Waals surface area contributed by atoms with Gasteiger partial charge in [-0.25, -0.2) is 9.97 Å². The van der Waals surface area contributed by atoms with E-state index in [1.807, 2.05) is 17.2 Å². The first-order valence-corrected chi connectivity index (χ1v) is 9.96. The Bertz CT molecular complexity index is 630. The molecule has 1 atom stereocenters. The summed E-state index contributed by atoms with van der Waals surface area (Å²) in [5.41, 5.74) is 0.883. The van der Waals surface area contributed by atoms with Gasteiger partial charge in [-0.3, -0.25) is 9.69 Å². The molecule has 2 aliphatic heterocycles. The molecule has 1 aromatic heterocycles. The van der Waals surface area contributed by atoms with Crippen molar-refractivity contribution in [2.75, 3.05) is 50.8 Å². The Morgan fingerprint density at radius 2 is 2.12 bits per heavy atom. The molecule has 3 heterocycles. The molecule has 142 valence electrons. The van der Waals surface area contributed by atoms with E-state index in [9.17, 15) is 4.79 Å². The Balaban J connectivity index is 1.40. The summed E-state index contributed by atoms with van der Waals surface area (Å²) in [5.74, 6) is 0.999. The lowest BCUT2D eigenvalue weighted by molar-refractivity contribution is -0.140. The standard InChI is InChI=1S/C19H29N5O2/c1-2-22(15-5-6-15)14-18(25)24-11-12-26-17(13-24)16-7-8-20-19(21-16)23-9-3-4-10-23/h7-8,15,17H,2-6,9-14H2,1H3/t17-/m1/s1. The molecule has 3 fully saturated rings. The number of anilines is 1. The fourth-order valence-electron chi connectivity index (χ4n) is 3.88. The third-order valence-electron chi connectivity index (χ3n) is 5.61. The topological polar surface area (TPSA) is 61.8 Å². The van der Waals surface area contributed by atoms with Crippen LogP contribution in [0, 0.1) is 0 Å². The van der Waals surface area contributed by atoms with Crippen molar-refractivity contribution in [3.63, 3.8) is 0 Å². The Morgan fingerprint density at radius 3 is 2.85 bits per heavy atom. The summed E-state index contributed by atoms with van der Waals surface area (Å²) in [6.45, 7) is 7.45. The van der Waals surface area contributed by atoms with Crippen LogP contribution >= 0.6 is 0 Å². The Morgan fingerprint density at radius 1 is 1.31 bits per heavy atom. The van der Waals surface area contributed by atoms with Crippen molar-refractivity contribution in [1.29, 1.82) is 0 Å². The van der Waals surface area contributed by atoms with Crippen molar-refractivity contribution in [1.82, 2.24) is 19.8 Å². The quantitative estimate of drug-likeness (QED) is 0.766. The first-order chi connectivity index (χ1) is 12.7. The highest BCUT2D eigenvalue weighted by Gasteiger charge is 2.32. The second-order valence-electron chi connectivity index (χ2n) is 7.47. The average Bonchev–Trinajstić information content (AvgIpc) is 3.39. The summed E-state index contributed by atoms with van der Waals surface area (Å²) >= 11 is 0. The second kappa shape index (κ2) is 7.88. The van der Waals surface area contributed by atoms with Crippen LogP contribution in [0.25, 0.3) is 0 Å². The maximum atomic E-state index is 12.7. The molecule has 3 aliphatic rings. The van der Waals surface area contributed by atoms with Crippen LogP contribution in [0.1, 0.15) is 44.4 Å². The molecule has 0 bridgehead atoms. The van der Waals surface area contributed by atoms with Gasteiger partial charge in [0.1, 0.15) is 6.10 Å². The van der Waals surface area contributed by atoms with E-state index in [2.05, 4.69) is 21.7 Å². The van der Waals surface area contributed by atoms with E-state index in [4.69, 9.17) is 9.72 Å². The highest BCUT2D eigenvalue weighted by Crippen LogP contribution is 2.27. The van der Waals surface area contributed by atoms with E-state index in [1.54, 1.807) is 0 Å². The zero-order valence-corrected chi connectivity index (χ0v) is 15.6. The molecule has 1 aliphatic carbocycles. The maximum Gasteiger partial charge on any atom is 0.236 e. The highest BCUT2D eigenvalue weighted by atomic mass is 16.5. The van der Waals surface area contributed by atoms with Gasteiger partial charge in [0.05, 0.1) is 25.4 Å². The normalized spacial score (nSPS) is 23.7. The largest absolute Gasteiger partial charge is 0.368 e. The molecule has 0 unspecified atom stereocenters. The van der Waals surface area contributed by atoms with Crippen molar-refractivity contribution in [2.24, 2.45) is 0 Å². The minimum atomic E-state index is -0.159. The van der Waals surface area contributed by atoms with E-state index in [0.717, 1.165) is 31.3 Å². The number of carbonyl (C=O) groups is 1. The zero-order valence-electron chi connectivity index (χ0n) is 15.6. The van der Waals surface area contributed by atoms with Crippen LogP contribution in [0.2, 0.25) is 0 Å². The van der Waals surface area contributed by atoms with E-state index < -0.39 is 0 Å². The molecule has 0 radical (unpaired) electrons. The molecule has 1 aromatic rings. The van der Waals surface area contributed by atoms with Crippen LogP contribution in [-0.4, -0.2) is 77.6 Å². The van der Waals surface area contributed by atoms with Crippen molar-refractivity contribution >= 4 is 11.9 Å². The SMILES string of the molecule is CCN(CC(=O)N1CCO[C@@H](c2ccnc(N3CCCC3)n2)C1)C1CC1. The minimum Gasteiger partial charge on any atom is -0.368 e. The number of morpholine rings is 1. The number of amides is 1. The van der Waals surface area contributed by atoms with Crippen LogP contribution < -0.4 is 4.90 Å². The van der Waals surface area contributed by atoms with Crippen molar-refractivity contribution < 1.29 is 9.53 Å². The molecular formula is C19H29N5O2. The Labute approximate surface area is 155 Å². The molecule has 2 saturated heterocycles. The Kier molecular flexibility index (Phi) is 5.36. The number of nitrogens with zero attached hydrogens (tertiary/aromatic N) is 5. The third kappa shape index (κ3) is 3.99. The zero-order chi connectivity index (χ0) is 17.9. The highest BCUT2D eigenvalue weighted by molar-refractivity contribution is 5.78. The monoisotopic (exact) mass is 359 g/mol. The summed E-state index contributed by atoms with van der Waals surface area (Å²) in [7, 11) is 0. The number of carbonyl (C=O) groups excluding carboxylic acids is 1. The average molecular weight is 359 g/mol. The fraction of sp³-hybridized carbons (Fsp3) is 0.737. The lowest BCUT2D eigenvalue weighted by Gasteiger charge is -2.34. The maximum absolute atomic E-state index is 12.7. The third-order valence-corrected chi connectivity index (χ3v) is 5.61. The molecule has 4 rings (SSSR count). The number of rotatable bonds is 6. The van der Waals surface area contributed by atoms with E-state index in [1.165, 1.54) is 25.7 Å². The first-order valence-electron chi connectivity index (χ1n) is 9.96. The van der Waals surface area contributed by atoms with Gasteiger partial charge in [0.15, 0.2) is 0 Å². The summed E-state index contributed by atoms with van der Waals surface area (Å²) in [4.78, 5) is 28.4. The van der Waals surface area contributed by atoms with Gasteiger partial charge in [-0.05, 0) is 38.3 Å². The number of aromatic nitrogens is 2. The molecule has 26 heavy (non-hydrogen) atoms. The molecule has 7 heteroatoms. The van der Waals surface area contributed by atoms with Gasteiger partial charge in [-0.15, -0.1) is 0 Å². The second-order valence-corrected chi connectivity index (χ2v) is 7.47. The molecule has 7 nitrogen and oxygen atoms in total. The number of hydrogen-bond acceptors (Lipinski definition) is 6. The van der Waals surface area contributed by atoms with Gasteiger partial charge in [0, 0.05) is 31.9 Å². The number of hydrogen-bond donors (Lipinski definition) is 0. The molecular weight excluding hydrogens is 330 g/mol. The summed E-state index contributed by atoms with van der Waals surface area (Å²) in [5, 5.41) is 0. The smallest absolute Gasteiger partial charge is 0.236 e. The summed E-state index contributed by atoms with van der Waals surface area (Å²) in [6.07, 6.45) is 6.51. The van der Waals surface area contributed by atoms with Crippen LogP contribution in [0.5, 0.6) is 0 Å². The van der Waals surface area contributed by atoms with Crippen molar-refractivity contribution in [2.45, 2.75) is 44.8 Å². The lowest BCUT2D eigenvalue weighted by atomic mass is 10.2. The van der Waals surface area contributed by atoms with Crippen LogP contribution in [0.3, 0.4) is 0 Å². The van der Waals surface area contributed by atoms with Crippen LogP contribution in [0.15, 0.2) is 12.3 Å². The molecule has 0 spiro atoms. The Hall–Kier alpha value is -1.73. The number of likely N-dealkylation sites (N-methyl/N-ethyl adjacent to an activating group) is 1. The lowest BCUT2D eigenvalue weighted by Crippen LogP contribution is -2.47. The molecule has 0 aromatic carbocycles. The molecule has 0 N–H and O–H groups in total. The van der Waals surface area contributed by atoms with E-state index >= 15 is 0 Å². The van der Waals surface area contributed by atoms with Gasteiger partial charge < -0.3 is 14.5 Å². The van der Waals surface area contributed by atoms with Gasteiger partial charge >= 0.3 is 0 Å². The van der Waals surface area contributed by atoms with Gasteiger partial charge in [-0.2, -0.15) is 0 Å². The first kappa shape index (κ1) is 17.7. The predicted octanol–water partition coefficient (Wildman–Crippen LogP) is 1.46. The summed E-state index contributed by atoms with van der Waals surface area (Å²) in [6, 6.07) is 2.53. The van der Waals surface area contributed by atoms with Gasteiger partial charge in [0.25, 0.3) is 0 Å². The van der Waals surface area contributed by atoms with Crippen molar-refractivity contribution in [3.05, 3.63) is 18.0 Å². The minimum absolute atomic E-state index is 0.159. The van der Waals surface area contributed by atoms with E-state index in [0.29, 0.717) is 32.3 Å². The van der Waals surface area contributed by atoms with Gasteiger partial charge in [-0.1, -0.05) is 6.92 Å². The fourth-order valence-corrected chi connectivity index (χ4v) is 3.88. The van der Waals surface area contributed by atoms with E-state index in [-0.39, 0.29) is 12.0 Å². The molecule has 1 saturated carbocycles. The van der Waals surface area contributed by atoms with Crippen molar-refractivity contribution in [3.8, 4) is 0 Å². The van der Waals surface area contributed by atoms with Gasteiger partial charge in [0.2, 0.25) is 11.9 Å². The van der Waals surface area contributed by atoms with Crippen LogP contribution in [0.4, 0.5) is 5.95 Å². The molecule has 1 amide bonds. The predicted molar refractivity (Wildman–Crippen MR) is 99.0 cm³/mol. The summed E-state index contributed by atoms with van der Waals surface area (Å²) < 4.78 is 5.94. The number of ether oxygens (including phenoxy) is 1.